The molecular weight excluding hydrogens is 489 g/mol. The highest BCUT2D eigenvalue weighted by molar-refractivity contribution is 7.89. The van der Waals surface area contributed by atoms with Gasteiger partial charge in [0.05, 0.1) is 6.61 Å². The van der Waals surface area contributed by atoms with Crippen molar-refractivity contribution < 1.29 is 27.1 Å². The van der Waals surface area contributed by atoms with E-state index in [1.807, 2.05) is 6.92 Å². The zero-order chi connectivity index (χ0) is 24.8. The summed E-state index contributed by atoms with van der Waals surface area (Å²) in [7, 11) is -4.30. The highest BCUT2D eigenvalue weighted by atomic mass is 35.5. The number of sulfonamides is 1. The van der Waals surface area contributed by atoms with Crippen LogP contribution < -0.4 is 10.5 Å². The van der Waals surface area contributed by atoms with Gasteiger partial charge in [-0.1, -0.05) is 24.6 Å². The zero-order valence-corrected chi connectivity index (χ0v) is 20.2. The SMILES string of the molecule is Cc1ccc(F)c([C@@H](C)[C@@H](c2n[nH]c(=O)o2)N2CCOc3cc(Cl)c(CO)cc3S2(=O)=O)c1C. The molecule has 0 unspecified atom stereocenters. The molecule has 12 heteroatoms. The number of fused-ring (bicyclic) bond motifs is 1. The minimum Gasteiger partial charge on any atom is -0.491 e. The summed E-state index contributed by atoms with van der Waals surface area (Å²) in [5.74, 6) is -2.37. The van der Waals surface area contributed by atoms with Crippen LogP contribution in [0.1, 0.15) is 47.0 Å². The molecule has 0 spiro atoms. The zero-order valence-electron chi connectivity index (χ0n) is 18.6. The molecule has 2 aromatic carbocycles. The van der Waals surface area contributed by atoms with Crippen LogP contribution in [-0.4, -0.2) is 41.2 Å². The molecule has 2 N–H and O–H groups in total. The summed E-state index contributed by atoms with van der Waals surface area (Å²) in [5, 5.41) is 15.8. The summed E-state index contributed by atoms with van der Waals surface area (Å²) in [6.07, 6.45) is 0. The van der Waals surface area contributed by atoms with Crippen molar-refractivity contribution in [1.82, 2.24) is 14.5 Å². The lowest BCUT2D eigenvalue weighted by atomic mass is 9.87. The van der Waals surface area contributed by atoms with Crippen LogP contribution in [0.15, 0.2) is 38.4 Å². The summed E-state index contributed by atoms with van der Waals surface area (Å²) in [5.41, 5.74) is 1.95. The summed E-state index contributed by atoms with van der Waals surface area (Å²) in [4.78, 5) is 11.6. The van der Waals surface area contributed by atoms with Gasteiger partial charge in [0, 0.05) is 23.6 Å². The van der Waals surface area contributed by atoms with Crippen molar-refractivity contribution >= 4 is 21.6 Å². The first kappa shape index (κ1) is 24.4. The van der Waals surface area contributed by atoms with Gasteiger partial charge in [0.15, 0.2) is 0 Å². The van der Waals surface area contributed by atoms with E-state index in [1.54, 1.807) is 19.9 Å². The molecule has 0 bridgehead atoms. The van der Waals surface area contributed by atoms with Crippen LogP contribution in [0.2, 0.25) is 5.02 Å². The van der Waals surface area contributed by atoms with Crippen molar-refractivity contribution in [2.24, 2.45) is 0 Å². The van der Waals surface area contributed by atoms with Gasteiger partial charge in [0.25, 0.3) is 0 Å². The monoisotopic (exact) mass is 511 g/mol. The van der Waals surface area contributed by atoms with Gasteiger partial charge in [-0.15, -0.1) is 5.10 Å². The minimum absolute atomic E-state index is 0.0255. The third-order valence-electron chi connectivity index (χ3n) is 6.12. The Morgan fingerprint density at radius 2 is 2.06 bits per heavy atom. The second kappa shape index (κ2) is 9.14. The van der Waals surface area contributed by atoms with E-state index in [1.165, 1.54) is 18.2 Å². The van der Waals surface area contributed by atoms with Gasteiger partial charge >= 0.3 is 5.76 Å². The predicted molar refractivity (Wildman–Crippen MR) is 121 cm³/mol. The van der Waals surface area contributed by atoms with Crippen molar-refractivity contribution in [3.8, 4) is 5.75 Å². The molecule has 1 aromatic heterocycles. The van der Waals surface area contributed by atoms with Gasteiger partial charge in [-0.05, 0) is 48.2 Å². The van der Waals surface area contributed by atoms with Gasteiger partial charge in [-0.3, -0.25) is 0 Å². The molecule has 1 aliphatic rings. The van der Waals surface area contributed by atoms with Crippen LogP contribution in [0.3, 0.4) is 0 Å². The Morgan fingerprint density at radius 1 is 1.32 bits per heavy atom. The first-order chi connectivity index (χ1) is 16.1. The average Bonchev–Trinajstić information content (AvgIpc) is 3.16. The number of aliphatic hydroxyl groups is 1. The number of aryl methyl sites for hydroxylation is 1. The van der Waals surface area contributed by atoms with Gasteiger partial charge in [0.2, 0.25) is 15.9 Å². The maximum absolute atomic E-state index is 15.0. The Bertz CT molecular complexity index is 1400. The van der Waals surface area contributed by atoms with E-state index in [2.05, 4.69) is 10.2 Å². The lowest BCUT2D eigenvalue weighted by molar-refractivity contribution is 0.209. The Kier molecular flexibility index (Phi) is 6.56. The van der Waals surface area contributed by atoms with E-state index >= 15 is 4.39 Å². The molecule has 0 fully saturated rings. The number of ether oxygens (including phenoxy) is 1. The van der Waals surface area contributed by atoms with Crippen LogP contribution in [0, 0.1) is 19.7 Å². The number of rotatable bonds is 5. The lowest BCUT2D eigenvalue weighted by Gasteiger charge is -2.32. The summed E-state index contributed by atoms with van der Waals surface area (Å²) < 4.78 is 54.7. The van der Waals surface area contributed by atoms with Crippen molar-refractivity contribution in [3.05, 3.63) is 73.8 Å². The normalized spacial score (nSPS) is 17.5. The van der Waals surface area contributed by atoms with Gasteiger partial charge in [0.1, 0.15) is 29.1 Å². The van der Waals surface area contributed by atoms with Crippen molar-refractivity contribution in [1.29, 1.82) is 0 Å². The number of aromatic amines is 1. The highest BCUT2D eigenvalue weighted by Crippen LogP contribution is 2.43. The average molecular weight is 512 g/mol. The largest absolute Gasteiger partial charge is 0.491 e. The number of H-pyrrole nitrogens is 1. The highest BCUT2D eigenvalue weighted by Gasteiger charge is 2.43. The smallest absolute Gasteiger partial charge is 0.434 e. The van der Waals surface area contributed by atoms with Crippen molar-refractivity contribution in [2.45, 2.75) is 44.2 Å². The van der Waals surface area contributed by atoms with Crippen molar-refractivity contribution in [3.63, 3.8) is 0 Å². The fourth-order valence-electron chi connectivity index (χ4n) is 4.27. The van der Waals surface area contributed by atoms with Crippen LogP contribution in [0.5, 0.6) is 5.75 Å². The molecule has 2 atom stereocenters. The Labute approximate surface area is 200 Å². The molecule has 0 amide bonds. The quantitative estimate of drug-likeness (QED) is 0.538. The van der Waals surface area contributed by atoms with E-state index in [4.69, 9.17) is 20.8 Å². The van der Waals surface area contributed by atoms with E-state index in [0.717, 1.165) is 9.87 Å². The maximum atomic E-state index is 15.0. The fraction of sp³-hybridized carbons (Fsp3) is 0.364. The van der Waals surface area contributed by atoms with E-state index in [0.29, 0.717) is 5.56 Å². The third-order valence-corrected chi connectivity index (χ3v) is 8.37. The molecule has 2 heterocycles. The molecule has 9 nitrogen and oxygen atoms in total. The lowest BCUT2D eigenvalue weighted by Crippen LogP contribution is -2.39. The Hall–Kier alpha value is -2.73. The number of hydrogen-bond donors (Lipinski definition) is 2. The second-order valence-corrected chi connectivity index (χ2v) is 10.4. The number of aromatic nitrogens is 2. The van der Waals surface area contributed by atoms with E-state index < -0.39 is 40.2 Å². The molecule has 1 aliphatic heterocycles. The van der Waals surface area contributed by atoms with E-state index in [9.17, 15) is 18.3 Å². The topological polar surface area (TPSA) is 126 Å². The van der Waals surface area contributed by atoms with Crippen molar-refractivity contribution in [2.75, 3.05) is 13.2 Å². The summed E-state index contributed by atoms with van der Waals surface area (Å²) >= 11 is 6.13. The second-order valence-electron chi connectivity index (χ2n) is 8.10. The van der Waals surface area contributed by atoms with Gasteiger partial charge < -0.3 is 14.3 Å². The first-order valence-corrected chi connectivity index (χ1v) is 12.3. The number of halogens is 2. The van der Waals surface area contributed by atoms with E-state index in [-0.39, 0.29) is 45.8 Å². The molecule has 182 valence electrons. The molecule has 0 radical (unpaired) electrons. The molecule has 3 aromatic rings. The molecule has 0 aliphatic carbocycles. The standard InChI is InChI=1S/C22H23ClFN3O6S/c1-11-4-5-16(24)19(12(11)2)13(3)20(21-25-26-22(29)33-21)27-6-7-32-17-9-15(23)14(10-28)8-18(17)34(27,30)31/h4-5,8-9,13,20,28H,6-7,10H2,1-3H3,(H,26,29)/t13-,20+/m1/s1. The molecule has 0 saturated carbocycles. The Morgan fingerprint density at radius 3 is 2.71 bits per heavy atom. The summed E-state index contributed by atoms with van der Waals surface area (Å²) in [6.45, 7) is 4.54. The van der Waals surface area contributed by atoms with Crippen LogP contribution >= 0.6 is 11.6 Å². The molecular formula is C22H23ClFN3O6S. The number of nitrogens with one attached hydrogen (secondary N) is 1. The van der Waals surface area contributed by atoms with Gasteiger partial charge in [-0.2, -0.15) is 4.31 Å². The number of hydrogen-bond acceptors (Lipinski definition) is 7. The number of benzene rings is 2. The molecule has 4 rings (SSSR count). The molecule has 34 heavy (non-hydrogen) atoms. The van der Waals surface area contributed by atoms with Gasteiger partial charge in [-0.25, -0.2) is 22.7 Å². The van der Waals surface area contributed by atoms with Crippen LogP contribution in [-0.2, 0) is 16.6 Å². The van der Waals surface area contributed by atoms with Crippen LogP contribution in [0.4, 0.5) is 4.39 Å². The Balaban J connectivity index is 1.93. The predicted octanol–water partition coefficient (Wildman–Crippen LogP) is 3.19. The first-order valence-electron chi connectivity index (χ1n) is 10.4. The number of aliphatic hydroxyl groups excluding tert-OH is 1. The third kappa shape index (κ3) is 4.13. The summed E-state index contributed by atoms with van der Waals surface area (Å²) in [6, 6.07) is 4.35. The van der Waals surface area contributed by atoms with Crippen LogP contribution in [0.25, 0.3) is 0 Å². The molecule has 0 saturated heterocycles. The fourth-order valence-corrected chi connectivity index (χ4v) is 6.29. The maximum Gasteiger partial charge on any atom is 0.434 e. The minimum atomic E-state index is -4.30. The number of nitrogens with zero attached hydrogens (tertiary/aromatic N) is 2.